The van der Waals surface area contributed by atoms with Crippen molar-refractivity contribution in [2.75, 3.05) is 25.1 Å². The average molecular weight is 202 g/mol. The van der Waals surface area contributed by atoms with E-state index in [1.807, 2.05) is 11.8 Å². The predicted octanol–water partition coefficient (Wildman–Crippen LogP) is 1.55. The van der Waals surface area contributed by atoms with Gasteiger partial charge >= 0.3 is 0 Å². The van der Waals surface area contributed by atoms with Crippen molar-refractivity contribution in [3.8, 4) is 0 Å². The number of hydrogen-bond acceptors (Lipinski definition) is 3. The average Bonchev–Trinajstić information content (AvgIpc) is 2.15. The molecule has 0 radical (unpaired) electrons. The molecule has 1 fully saturated rings. The minimum absolute atomic E-state index is 0.335. The monoisotopic (exact) mass is 202 g/mol. The first-order chi connectivity index (χ1) is 6.25. The van der Waals surface area contributed by atoms with Crippen LogP contribution in [0.3, 0.4) is 0 Å². The third-order valence-electron chi connectivity index (χ3n) is 2.85. The minimum atomic E-state index is 0.335. The molecule has 2 atom stereocenters. The quantitative estimate of drug-likeness (QED) is 0.750. The number of piperidine rings is 1. The largest absolute Gasteiger partial charge is 0.327 e. The maximum absolute atomic E-state index is 5.98. The van der Waals surface area contributed by atoms with Gasteiger partial charge in [0.2, 0.25) is 0 Å². The van der Waals surface area contributed by atoms with E-state index in [2.05, 4.69) is 18.1 Å². The van der Waals surface area contributed by atoms with E-state index in [4.69, 9.17) is 5.73 Å². The summed E-state index contributed by atoms with van der Waals surface area (Å²) in [6, 6.07) is 0.975. The number of nitrogens with zero attached hydrogens (tertiary/aromatic N) is 1. The first-order valence-corrected chi connectivity index (χ1v) is 6.63. The standard InChI is InChI=1S/C10H22N2S/c1-9(11)10-5-3-4-6-12(10)7-8-13-2/h9-10H,3-8,11H2,1-2H3. The molecule has 0 aromatic rings. The SMILES string of the molecule is CSCCN1CCCCC1C(C)N. The zero-order chi connectivity index (χ0) is 9.68. The fourth-order valence-electron chi connectivity index (χ4n) is 2.10. The van der Waals surface area contributed by atoms with Crippen LogP contribution in [0.15, 0.2) is 0 Å². The Balaban J connectivity index is 2.37. The van der Waals surface area contributed by atoms with Crippen molar-refractivity contribution in [2.24, 2.45) is 5.73 Å². The summed E-state index contributed by atoms with van der Waals surface area (Å²) < 4.78 is 0. The summed E-state index contributed by atoms with van der Waals surface area (Å²) in [6.45, 7) is 4.61. The van der Waals surface area contributed by atoms with Gasteiger partial charge in [-0.3, -0.25) is 4.90 Å². The fraction of sp³-hybridized carbons (Fsp3) is 1.00. The first-order valence-electron chi connectivity index (χ1n) is 5.24. The van der Waals surface area contributed by atoms with E-state index in [0.29, 0.717) is 12.1 Å². The lowest BCUT2D eigenvalue weighted by atomic mass is 9.97. The van der Waals surface area contributed by atoms with E-state index in [1.165, 1.54) is 38.1 Å². The lowest BCUT2D eigenvalue weighted by molar-refractivity contribution is 0.139. The van der Waals surface area contributed by atoms with Gasteiger partial charge in [-0.25, -0.2) is 0 Å². The lowest BCUT2D eigenvalue weighted by Crippen LogP contribution is -2.49. The fourth-order valence-corrected chi connectivity index (χ4v) is 2.52. The highest BCUT2D eigenvalue weighted by Crippen LogP contribution is 2.18. The molecule has 2 unspecified atom stereocenters. The second-order valence-electron chi connectivity index (χ2n) is 3.95. The molecule has 0 spiro atoms. The summed E-state index contributed by atoms with van der Waals surface area (Å²) in [5, 5.41) is 0. The highest BCUT2D eigenvalue weighted by molar-refractivity contribution is 7.98. The topological polar surface area (TPSA) is 29.3 Å². The molecule has 0 aromatic heterocycles. The van der Waals surface area contributed by atoms with Gasteiger partial charge in [0, 0.05) is 24.4 Å². The van der Waals surface area contributed by atoms with Gasteiger partial charge in [-0.1, -0.05) is 6.42 Å². The highest BCUT2D eigenvalue weighted by atomic mass is 32.2. The van der Waals surface area contributed by atoms with Crippen molar-refractivity contribution in [1.29, 1.82) is 0 Å². The van der Waals surface area contributed by atoms with Crippen LogP contribution in [0.5, 0.6) is 0 Å². The van der Waals surface area contributed by atoms with Crippen molar-refractivity contribution >= 4 is 11.8 Å². The van der Waals surface area contributed by atoms with Crippen LogP contribution in [0.1, 0.15) is 26.2 Å². The number of rotatable bonds is 4. The van der Waals surface area contributed by atoms with Gasteiger partial charge in [0.1, 0.15) is 0 Å². The van der Waals surface area contributed by atoms with Crippen LogP contribution in [0.4, 0.5) is 0 Å². The van der Waals surface area contributed by atoms with Crippen LogP contribution in [-0.2, 0) is 0 Å². The maximum Gasteiger partial charge on any atom is 0.0244 e. The molecular formula is C10H22N2S. The van der Waals surface area contributed by atoms with Crippen molar-refractivity contribution < 1.29 is 0 Å². The molecule has 78 valence electrons. The van der Waals surface area contributed by atoms with Crippen LogP contribution in [0.25, 0.3) is 0 Å². The molecule has 13 heavy (non-hydrogen) atoms. The third kappa shape index (κ3) is 3.49. The van der Waals surface area contributed by atoms with Gasteiger partial charge in [-0.05, 0) is 32.6 Å². The minimum Gasteiger partial charge on any atom is -0.327 e. The second-order valence-corrected chi connectivity index (χ2v) is 4.94. The molecule has 0 bridgehead atoms. The molecule has 0 saturated carbocycles. The number of nitrogens with two attached hydrogens (primary N) is 1. The Labute approximate surface area is 86.2 Å². The van der Waals surface area contributed by atoms with Gasteiger partial charge in [0.25, 0.3) is 0 Å². The normalized spacial score (nSPS) is 27.5. The van der Waals surface area contributed by atoms with E-state index >= 15 is 0 Å². The summed E-state index contributed by atoms with van der Waals surface area (Å²) in [7, 11) is 0. The zero-order valence-corrected chi connectivity index (χ0v) is 9.65. The molecule has 0 amide bonds. The zero-order valence-electron chi connectivity index (χ0n) is 8.83. The Hall–Kier alpha value is 0.270. The lowest BCUT2D eigenvalue weighted by Gasteiger charge is -2.37. The highest BCUT2D eigenvalue weighted by Gasteiger charge is 2.24. The summed E-state index contributed by atoms with van der Waals surface area (Å²) in [4.78, 5) is 2.57. The van der Waals surface area contributed by atoms with E-state index < -0.39 is 0 Å². The molecule has 1 aliphatic heterocycles. The van der Waals surface area contributed by atoms with Crippen molar-refractivity contribution in [2.45, 2.75) is 38.3 Å². The van der Waals surface area contributed by atoms with Crippen LogP contribution in [0.2, 0.25) is 0 Å². The van der Waals surface area contributed by atoms with Gasteiger partial charge in [-0.15, -0.1) is 0 Å². The molecule has 2 nitrogen and oxygen atoms in total. The van der Waals surface area contributed by atoms with E-state index in [-0.39, 0.29) is 0 Å². The molecular weight excluding hydrogens is 180 g/mol. The molecule has 1 aliphatic rings. The van der Waals surface area contributed by atoms with Crippen LogP contribution in [0, 0.1) is 0 Å². The van der Waals surface area contributed by atoms with Crippen LogP contribution >= 0.6 is 11.8 Å². The summed E-state index contributed by atoms with van der Waals surface area (Å²) in [6.07, 6.45) is 6.19. The Morgan fingerprint density at radius 1 is 1.54 bits per heavy atom. The summed E-state index contributed by atoms with van der Waals surface area (Å²) in [5.41, 5.74) is 5.98. The summed E-state index contributed by atoms with van der Waals surface area (Å²) >= 11 is 1.93. The van der Waals surface area contributed by atoms with E-state index in [9.17, 15) is 0 Å². The smallest absolute Gasteiger partial charge is 0.0244 e. The summed E-state index contributed by atoms with van der Waals surface area (Å²) in [5.74, 6) is 1.24. The number of hydrogen-bond donors (Lipinski definition) is 1. The molecule has 2 N–H and O–H groups in total. The second kappa shape index (κ2) is 5.89. The molecule has 3 heteroatoms. The predicted molar refractivity (Wildman–Crippen MR) is 61.2 cm³/mol. The van der Waals surface area contributed by atoms with Gasteiger partial charge in [-0.2, -0.15) is 11.8 Å². The van der Waals surface area contributed by atoms with Crippen molar-refractivity contribution in [1.82, 2.24) is 4.90 Å². The van der Waals surface area contributed by atoms with Crippen LogP contribution < -0.4 is 5.73 Å². The Bertz CT molecular complexity index is 139. The molecule has 1 rings (SSSR count). The molecule has 0 aliphatic carbocycles. The first kappa shape index (κ1) is 11.3. The Morgan fingerprint density at radius 3 is 2.92 bits per heavy atom. The van der Waals surface area contributed by atoms with E-state index in [0.717, 1.165) is 0 Å². The third-order valence-corrected chi connectivity index (χ3v) is 3.44. The van der Waals surface area contributed by atoms with Gasteiger partial charge in [0.15, 0.2) is 0 Å². The maximum atomic E-state index is 5.98. The molecule has 1 saturated heterocycles. The van der Waals surface area contributed by atoms with Crippen molar-refractivity contribution in [3.05, 3.63) is 0 Å². The Morgan fingerprint density at radius 2 is 2.31 bits per heavy atom. The number of thioether (sulfide) groups is 1. The number of likely N-dealkylation sites (tertiary alicyclic amines) is 1. The Kier molecular flexibility index (Phi) is 5.14. The van der Waals surface area contributed by atoms with Crippen LogP contribution in [-0.4, -0.2) is 42.1 Å². The van der Waals surface area contributed by atoms with Gasteiger partial charge in [0.05, 0.1) is 0 Å². The molecule has 1 heterocycles. The molecule has 0 aromatic carbocycles. The van der Waals surface area contributed by atoms with E-state index in [1.54, 1.807) is 0 Å². The van der Waals surface area contributed by atoms with Gasteiger partial charge < -0.3 is 5.73 Å². The van der Waals surface area contributed by atoms with Crippen molar-refractivity contribution in [3.63, 3.8) is 0 Å².